The van der Waals surface area contributed by atoms with E-state index in [4.69, 9.17) is 4.74 Å². The van der Waals surface area contributed by atoms with Gasteiger partial charge in [-0.2, -0.15) is 0 Å². The normalized spacial score (nSPS) is 12.9. The molecule has 0 aromatic heterocycles. The minimum Gasteiger partial charge on any atom is -0.494 e. The zero-order valence-electron chi connectivity index (χ0n) is 12.4. The highest BCUT2D eigenvalue weighted by atomic mass is 32.2. The van der Waals surface area contributed by atoms with Gasteiger partial charge in [-0.15, -0.1) is 0 Å². The van der Waals surface area contributed by atoms with Crippen molar-refractivity contribution in [1.82, 2.24) is 4.72 Å². The van der Waals surface area contributed by atoms with E-state index in [0.717, 1.165) is 17.4 Å². The zero-order chi connectivity index (χ0) is 16.2. The quantitative estimate of drug-likeness (QED) is 0.888. The lowest BCUT2D eigenvalue weighted by Crippen LogP contribution is -2.27. The van der Waals surface area contributed by atoms with Gasteiger partial charge < -0.3 is 4.74 Å². The fraction of sp³-hybridized carbons (Fsp3) is 0.250. The second-order valence-electron chi connectivity index (χ2n) is 4.78. The summed E-state index contributed by atoms with van der Waals surface area (Å²) in [6.45, 7) is 4.15. The molecule has 0 amide bonds. The van der Waals surface area contributed by atoms with Crippen LogP contribution >= 0.6 is 0 Å². The summed E-state index contributed by atoms with van der Waals surface area (Å²) >= 11 is 0. The average Bonchev–Trinajstić information content (AvgIpc) is 2.48. The maximum Gasteiger partial charge on any atom is 0.244 e. The summed E-state index contributed by atoms with van der Waals surface area (Å²) in [5.74, 6) is -0.0516. The molecule has 2 aromatic carbocycles. The van der Waals surface area contributed by atoms with Gasteiger partial charge >= 0.3 is 0 Å². The van der Waals surface area contributed by atoms with Gasteiger partial charge in [0.25, 0.3) is 0 Å². The fourth-order valence-electron chi connectivity index (χ4n) is 2.05. The first-order chi connectivity index (χ1) is 10.4. The van der Waals surface area contributed by atoms with E-state index in [1.807, 2.05) is 6.92 Å². The van der Waals surface area contributed by atoms with Crippen molar-refractivity contribution in [2.75, 3.05) is 6.61 Å². The van der Waals surface area contributed by atoms with Crippen LogP contribution in [0, 0.1) is 5.82 Å². The average molecular weight is 323 g/mol. The summed E-state index contributed by atoms with van der Waals surface area (Å²) in [4.78, 5) is -0.354. The minimum absolute atomic E-state index is 0.354. The third kappa shape index (κ3) is 3.84. The standard InChI is InChI=1S/C16H18FNO3S/c1-3-21-14-10-8-13(9-11-14)12(2)18-22(19,20)16-7-5-4-6-15(16)17/h4-12,18H,3H2,1-2H3. The molecular formula is C16H18FNO3S. The molecule has 0 spiro atoms. The maximum absolute atomic E-state index is 13.6. The van der Waals surface area contributed by atoms with Crippen molar-refractivity contribution in [2.24, 2.45) is 0 Å². The minimum atomic E-state index is -3.91. The molecule has 6 heteroatoms. The zero-order valence-corrected chi connectivity index (χ0v) is 13.2. The van der Waals surface area contributed by atoms with Crippen LogP contribution < -0.4 is 9.46 Å². The Morgan fingerprint density at radius 3 is 2.36 bits per heavy atom. The molecule has 4 nitrogen and oxygen atoms in total. The van der Waals surface area contributed by atoms with Gasteiger partial charge in [0.15, 0.2) is 0 Å². The van der Waals surface area contributed by atoms with Gasteiger partial charge in [-0.3, -0.25) is 0 Å². The Kier molecular flexibility index (Phi) is 5.15. The lowest BCUT2D eigenvalue weighted by Gasteiger charge is -2.15. The molecule has 0 aliphatic heterocycles. The summed E-state index contributed by atoms with van der Waals surface area (Å²) in [7, 11) is -3.91. The summed E-state index contributed by atoms with van der Waals surface area (Å²) in [5, 5.41) is 0. The second kappa shape index (κ2) is 6.89. The number of hydrogen-bond acceptors (Lipinski definition) is 3. The second-order valence-corrected chi connectivity index (χ2v) is 6.46. The van der Waals surface area contributed by atoms with Gasteiger partial charge in [-0.25, -0.2) is 17.5 Å². The highest BCUT2D eigenvalue weighted by Crippen LogP contribution is 2.21. The monoisotopic (exact) mass is 323 g/mol. The van der Waals surface area contributed by atoms with Gasteiger partial charge in [0.05, 0.1) is 6.61 Å². The van der Waals surface area contributed by atoms with E-state index >= 15 is 0 Å². The van der Waals surface area contributed by atoms with Crippen LogP contribution in [-0.2, 0) is 10.0 Å². The van der Waals surface area contributed by atoms with E-state index < -0.39 is 21.9 Å². The molecule has 1 atom stereocenters. The van der Waals surface area contributed by atoms with Crippen molar-refractivity contribution in [2.45, 2.75) is 24.8 Å². The van der Waals surface area contributed by atoms with Gasteiger partial charge in [0, 0.05) is 6.04 Å². The number of ether oxygens (including phenoxy) is 1. The van der Waals surface area contributed by atoms with Gasteiger partial charge in [-0.05, 0) is 43.7 Å². The highest BCUT2D eigenvalue weighted by molar-refractivity contribution is 7.89. The molecule has 0 bridgehead atoms. The summed E-state index contributed by atoms with van der Waals surface area (Å²) in [6, 6.07) is 11.9. The molecule has 0 saturated carbocycles. The molecule has 0 heterocycles. The first-order valence-electron chi connectivity index (χ1n) is 6.93. The number of halogens is 1. The van der Waals surface area contributed by atoms with Crippen LogP contribution in [0.1, 0.15) is 25.5 Å². The van der Waals surface area contributed by atoms with E-state index in [2.05, 4.69) is 4.72 Å². The van der Waals surface area contributed by atoms with E-state index in [1.165, 1.54) is 18.2 Å². The van der Waals surface area contributed by atoms with Crippen LogP contribution in [0.3, 0.4) is 0 Å². The van der Waals surface area contributed by atoms with Crippen molar-refractivity contribution in [1.29, 1.82) is 0 Å². The molecule has 0 radical (unpaired) electrons. The number of hydrogen-bond donors (Lipinski definition) is 1. The van der Waals surface area contributed by atoms with Crippen molar-refractivity contribution in [3.05, 3.63) is 59.9 Å². The molecule has 2 rings (SSSR count). The van der Waals surface area contributed by atoms with Gasteiger partial charge in [0.1, 0.15) is 16.5 Å². The lowest BCUT2D eigenvalue weighted by molar-refractivity contribution is 0.340. The molecular weight excluding hydrogens is 305 g/mol. The maximum atomic E-state index is 13.6. The number of benzene rings is 2. The number of sulfonamides is 1. The predicted molar refractivity (Wildman–Crippen MR) is 82.7 cm³/mol. The number of rotatable bonds is 6. The first kappa shape index (κ1) is 16.5. The third-order valence-electron chi connectivity index (χ3n) is 3.15. The summed E-state index contributed by atoms with van der Waals surface area (Å²) in [6.07, 6.45) is 0. The van der Waals surface area contributed by atoms with Gasteiger partial charge in [-0.1, -0.05) is 24.3 Å². The third-order valence-corrected chi connectivity index (χ3v) is 4.72. The van der Waals surface area contributed by atoms with E-state index in [-0.39, 0.29) is 4.90 Å². The predicted octanol–water partition coefficient (Wildman–Crippen LogP) is 3.26. The van der Waals surface area contributed by atoms with Crippen LogP contribution in [0.15, 0.2) is 53.4 Å². The Hall–Kier alpha value is -1.92. The van der Waals surface area contributed by atoms with Crippen LogP contribution in [0.5, 0.6) is 5.75 Å². The first-order valence-corrected chi connectivity index (χ1v) is 8.42. The Morgan fingerprint density at radius 2 is 1.77 bits per heavy atom. The van der Waals surface area contributed by atoms with Crippen molar-refractivity contribution in [3.63, 3.8) is 0 Å². The fourth-order valence-corrected chi connectivity index (χ4v) is 3.36. The Morgan fingerprint density at radius 1 is 1.14 bits per heavy atom. The van der Waals surface area contributed by atoms with Crippen LogP contribution in [0.25, 0.3) is 0 Å². The van der Waals surface area contributed by atoms with Crippen LogP contribution in [0.2, 0.25) is 0 Å². The molecule has 0 aliphatic carbocycles. The Labute approximate surface area is 130 Å². The number of nitrogens with one attached hydrogen (secondary N) is 1. The Bertz CT molecular complexity index is 729. The highest BCUT2D eigenvalue weighted by Gasteiger charge is 2.21. The van der Waals surface area contributed by atoms with Crippen molar-refractivity contribution >= 4 is 10.0 Å². The molecule has 0 fully saturated rings. The van der Waals surface area contributed by atoms with Crippen molar-refractivity contribution < 1.29 is 17.5 Å². The van der Waals surface area contributed by atoms with E-state index in [1.54, 1.807) is 31.2 Å². The SMILES string of the molecule is CCOc1ccc(C(C)NS(=O)(=O)c2ccccc2F)cc1. The molecule has 2 aromatic rings. The van der Waals surface area contributed by atoms with Crippen LogP contribution in [0.4, 0.5) is 4.39 Å². The van der Waals surface area contributed by atoms with Gasteiger partial charge in [0.2, 0.25) is 10.0 Å². The Balaban J connectivity index is 2.17. The van der Waals surface area contributed by atoms with E-state index in [0.29, 0.717) is 6.61 Å². The summed E-state index contributed by atoms with van der Waals surface area (Å²) in [5.41, 5.74) is 0.767. The van der Waals surface area contributed by atoms with Crippen LogP contribution in [-0.4, -0.2) is 15.0 Å². The molecule has 118 valence electrons. The molecule has 0 aliphatic rings. The smallest absolute Gasteiger partial charge is 0.244 e. The molecule has 22 heavy (non-hydrogen) atoms. The lowest BCUT2D eigenvalue weighted by atomic mass is 10.1. The van der Waals surface area contributed by atoms with Crippen molar-refractivity contribution in [3.8, 4) is 5.75 Å². The molecule has 1 N–H and O–H groups in total. The molecule has 0 saturated heterocycles. The summed E-state index contributed by atoms with van der Waals surface area (Å²) < 4.78 is 45.9. The van der Waals surface area contributed by atoms with E-state index in [9.17, 15) is 12.8 Å². The largest absolute Gasteiger partial charge is 0.494 e. The molecule has 1 unspecified atom stereocenters. The topological polar surface area (TPSA) is 55.4 Å².